The van der Waals surface area contributed by atoms with E-state index in [4.69, 9.17) is 14.2 Å². The highest BCUT2D eigenvalue weighted by Crippen LogP contribution is 2.38. The van der Waals surface area contributed by atoms with Crippen molar-refractivity contribution in [2.75, 3.05) is 32.8 Å². The average molecular weight is 337 g/mol. The van der Waals surface area contributed by atoms with E-state index in [9.17, 15) is 9.50 Å². The molecule has 1 N–H and O–H groups in total. The molecule has 0 unspecified atom stereocenters. The van der Waals surface area contributed by atoms with Crippen LogP contribution in [0.25, 0.3) is 0 Å². The largest absolute Gasteiger partial charge is 0.488 e. The van der Waals surface area contributed by atoms with Gasteiger partial charge in [-0.15, -0.1) is 0 Å². The Labute approximate surface area is 141 Å². The van der Waals surface area contributed by atoms with E-state index in [1.54, 1.807) is 12.1 Å². The number of nitrogens with zero attached hydrogens (tertiary/aromatic N) is 1. The van der Waals surface area contributed by atoms with Crippen LogP contribution in [-0.4, -0.2) is 61.4 Å². The van der Waals surface area contributed by atoms with Gasteiger partial charge in [-0.2, -0.15) is 0 Å². The first-order chi connectivity index (χ1) is 11.7. The van der Waals surface area contributed by atoms with Crippen molar-refractivity contribution in [2.45, 2.75) is 31.3 Å². The summed E-state index contributed by atoms with van der Waals surface area (Å²) in [5.74, 6) is 1.34. The molecule has 0 aromatic heterocycles. The van der Waals surface area contributed by atoms with E-state index < -0.39 is 6.10 Å². The quantitative estimate of drug-likeness (QED) is 0.905. The Morgan fingerprint density at radius 1 is 1.08 bits per heavy atom. The van der Waals surface area contributed by atoms with E-state index >= 15 is 0 Å². The van der Waals surface area contributed by atoms with Crippen LogP contribution in [0.3, 0.4) is 0 Å². The summed E-state index contributed by atoms with van der Waals surface area (Å²) in [6.45, 7) is 4.13. The van der Waals surface area contributed by atoms with E-state index in [-0.39, 0.29) is 18.2 Å². The van der Waals surface area contributed by atoms with Gasteiger partial charge in [-0.3, -0.25) is 4.90 Å². The second-order valence-corrected chi connectivity index (χ2v) is 7.06. The zero-order valence-corrected chi connectivity index (χ0v) is 13.6. The standard InChI is InChI=1S/C18H24FNO4/c19-14-1-3-15(4-2-14)24-17-8-13-10-20(9-12(13)7-16(17)21)11-18-22-5-6-23-18/h1-4,12-13,16-18,21H,5-11H2/t12-,13+,16+,17+/m0/s1. The fraction of sp³-hybridized carbons (Fsp3) is 0.667. The summed E-state index contributed by atoms with van der Waals surface area (Å²) in [6.07, 6.45) is 0.762. The third-order valence-electron chi connectivity index (χ3n) is 5.36. The lowest BCUT2D eigenvalue weighted by Gasteiger charge is -2.35. The molecule has 5 nitrogen and oxygen atoms in total. The van der Waals surface area contributed by atoms with Gasteiger partial charge in [-0.05, 0) is 48.9 Å². The van der Waals surface area contributed by atoms with Crippen LogP contribution in [0, 0.1) is 17.7 Å². The van der Waals surface area contributed by atoms with Crippen molar-refractivity contribution in [3.63, 3.8) is 0 Å². The number of benzene rings is 1. The summed E-state index contributed by atoms with van der Waals surface area (Å²) in [4.78, 5) is 2.37. The Kier molecular flexibility index (Phi) is 4.72. The van der Waals surface area contributed by atoms with Crippen molar-refractivity contribution in [2.24, 2.45) is 11.8 Å². The van der Waals surface area contributed by atoms with Gasteiger partial charge >= 0.3 is 0 Å². The van der Waals surface area contributed by atoms with Crippen LogP contribution in [-0.2, 0) is 9.47 Å². The maximum atomic E-state index is 13.0. The molecule has 0 radical (unpaired) electrons. The predicted octanol–water partition coefficient (Wildman–Crippen LogP) is 1.65. The molecule has 0 amide bonds. The molecule has 3 aliphatic rings. The molecule has 6 heteroatoms. The second-order valence-electron chi connectivity index (χ2n) is 7.06. The van der Waals surface area contributed by atoms with Crippen molar-refractivity contribution < 1.29 is 23.7 Å². The number of rotatable bonds is 4. The minimum Gasteiger partial charge on any atom is -0.488 e. The summed E-state index contributed by atoms with van der Waals surface area (Å²) in [6, 6.07) is 5.99. The third-order valence-corrected chi connectivity index (χ3v) is 5.36. The van der Waals surface area contributed by atoms with Crippen LogP contribution in [0.4, 0.5) is 4.39 Å². The number of aliphatic hydroxyl groups is 1. The average Bonchev–Trinajstić information content (AvgIpc) is 3.19. The number of aliphatic hydroxyl groups excluding tert-OH is 1. The Balaban J connectivity index is 1.34. The van der Waals surface area contributed by atoms with E-state index in [0.29, 0.717) is 30.8 Å². The normalized spacial score (nSPS) is 34.4. The molecule has 132 valence electrons. The van der Waals surface area contributed by atoms with Crippen molar-refractivity contribution >= 4 is 0 Å². The number of hydrogen-bond acceptors (Lipinski definition) is 5. The first-order valence-corrected chi connectivity index (χ1v) is 8.73. The van der Waals surface area contributed by atoms with E-state index in [1.165, 1.54) is 12.1 Å². The van der Waals surface area contributed by atoms with Gasteiger partial charge in [-0.25, -0.2) is 4.39 Å². The summed E-state index contributed by atoms with van der Waals surface area (Å²) in [7, 11) is 0. The molecule has 4 atom stereocenters. The van der Waals surface area contributed by atoms with Crippen LogP contribution in [0.15, 0.2) is 24.3 Å². The fourth-order valence-corrected chi connectivity index (χ4v) is 4.17. The van der Waals surface area contributed by atoms with Crippen LogP contribution in [0.2, 0.25) is 0 Å². The highest BCUT2D eigenvalue weighted by atomic mass is 19.1. The second kappa shape index (κ2) is 6.96. The molecule has 0 spiro atoms. The SMILES string of the molecule is O[C@@H]1C[C@H]2CN(CC3OCCO3)C[C@H]2C[C@H]1Oc1ccc(F)cc1. The minimum atomic E-state index is -0.477. The lowest BCUT2D eigenvalue weighted by molar-refractivity contribution is -0.0593. The van der Waals surface area contributed by atoms with Crippen LogP contribution in [0.5, 0.6) is 5.75 Å². The van der Waals surface area contributed by atoms with Gasteiger partial charge in [0.25, 0.3) is 0 Å². The molecule has 4 rings (SSSR count). The summed E-state index contributed by atoms with van der Waals surface area (Å²) >= 11 is 0. The maximum absolute atomic E-state index is 13.0. The lowest BCUT2D eigenvalue weighted by atomic mass is 9.78. The maximum Gasteiger partial charge on any atom is 0.170 e. The smallest absolute Gasteiger partial charge is 0.170 e. The van der Waals surface area contributed by atoms with Gasteiger partial charge in [0.15, 0.2) is 6.29 Å². The number of likely N-dealkylation sites (tertiary alicyclic amines) is 1. The molecule has 24 heavy (non-hydrogen) atoms. The summed E-state index contributed by atoms with van der Waals surface area (Å²) in [5.41, 5.74) is 0. The summed E-state index contributed by atoms with van der Waals surface area (Å²) < 4.78 is 30.0. The van der Waals surface area contributed by atoms with Gasteiger partial charge in [0.2, 0.25) is 0 Å². The molecular weight excluding hydrogens is 313 g/mol. The Morgan fingerprint density at radius 2 is 1.75 bits per heavy atom. The van der Waals surface area contributed by atoms with Gasteiger partial charge < -0.3 is 19.3 Å². The van der Waals surface area contributed by atoms with E-state index in [1.807, 2.05) is 0 Å². The topological polar surface area (TPSA) is 51.2 Å². The number of ether oxygens (including phenoxy) is 3. The fourth-order valence-electron chi connectivity index (χ4n) is 4.17. The van der Waals surface area contributed by atoms with Gasteiger partial charge in [0.1, 0.15) is 17.7 Å². The number of fused-ring (bicyclic) bond motifs is 1. The molecule has 1 saturated carbocycles. The third kappa shape index (κ3) is 3.57. The Morgan fingerprint density at radius 3 is 2.46 bits per heavy atom. The molecular formula is C18H24FNO4. The van der Waals surface area contributed by atoms with E-state index in [2.05, 4.69) is 4.90 Å². The summed E-state index contributed by atoms with van der Waals surface area (Å²) in [5, 5.41) is 10.4. The molecule has 1 aromatic carbocycles. The van der Waals surface area contributed by atoms with E-state index in [0.717, 1.165) is 32.5 Å². The Bertz CT molecular complexity index is 548. The van der Waals surface area contributed by atoms with Crippen LogP contribution < -0.4 is 4.74 Å². The molecule has 2 aliphatic heterocycles. The highest BCUT2D eigenvalue weighted by molar-refractivity contribution is 5.22. The monoisotopic (exact) mass is 337 g/mol. The number of halogens is 1. The molecule has 1 aliphatic carbocycles. The predicted molar refractivity (Wildman–Crippen MR) is 85.2 cm³/mol. The molecule has 2 heterocycles. The van der Waals surface area contributed by atoms with Crippen LogP contribution in [0.1, 0.15) is 12.8 Å². The van der Waals surface area contributed by atoms with Gasteiger partial charge in [0, 0.05) is 19.6 Å². The Hall–Kier alpha value is -1.21. The molecule has 0 bridgehead atoms. The lowest BCUT2D eigenvalue weighted by Crippen LogP contribution is -2.42. The zero-order valence-electron chi connectivity index (χ0n) is 13.6. The van der Waals surface area contributed by atoms with Gasteiger partial charge in [0.05, 0.1) is 19.3 Å². The minimum absolute atomic E-state index is 0.110. The first kappa shape index (κ1) is 16.3. The van der Waals surface area contributed by atoms with Crippen molar-refractivity contribution in [1.82, 2.24) is 4.90 Å². The van der Waals surface area contributed by atoms with Crippen molar-refractivity contribution in [3.8, 4) is 5.75 Å². The van der Waals surface area contributed by atoms with Crippen molar-refractivity contribution in [1.29, 1.82) is 0 Å². The zero-order chi connectivity index (χ0) is 16.5. The van der Waals surface area contributed by atoms with Crippen molar-refractivity contribution in [3.05, 3.63) is 30.1 Å². The van der Waals surface area contributed by atoms with Crippen LogP contribution >= 0.6 is 0 Å². The number of hydrogen-bond donors (Lipinski definition) is 1. The molecule has 1 aromatic rings. The molecule has 3 fully saturated rings. The first-order valence-electron chi connectivity index (χ1n) is 8.73. The molecule has 2 saturated heterocycles. The van der Waals surface area contributed by atoms with Gasteiger partial charge in [-0.1, -0.05) is 0 Å². The highest BCUT2D eigenvalue weighted by Gasteiger charge is 2.43.